The number of benzene rings is 1. The second-order valence-corrected chi connectivity index (χ2v) is 5.50. The van der Waals surface area contributed by atoms with E-state index in [1.807, 2.05) is 0 Å². The van der Waals surface area contributed by atoms with Crippen molar-refractivity contribution in [1.82, 2.24) is 5.32 Å². The van der Waals surface area contributed by atoms with E-state index in [-0.39, 0.29) is 11.9 Å². The van der Waals surface area contributed by atoms with Crippen LogP contribution in [0.4, 0.5) is 0 Å². The molecule has 0 aromatic heterocycles. The molecule has 2 N–H and O–H groups in total. The van der Waals surface area contributed by atoms with Crippen LogP contribution in [0.1, 0.15) is 12.0 Å². The Kier molecular flexibility index (Phi) is 5.04. The second-order valence-electron chi connectivity index (χ2n) is 4.69. The summed E-state index contributed by atoms with van der Waals surface area (Å²) in [6, 6.07) is 4.80. The zero-order valence-electron chi connectivity index (χ0n) is 10.9. The number of carboxylic acid groups (broad SMARTS) is 1. The fourth-order valence-electron chi connectivity index (χ4n) is 2.01. The van der Waals surface area contributed by atoms with E-state index in [1.54, 1.807) is 36.4 Å². The SMILES string of the molecule is O=C(C=Cc1ccc(Cl)c(Cl)c1)NC1C=CC(C(=O)O)C1. The van der Waals surface area contributed by atoms with E-state index in [4.69, 9.17) is 28.3 Å². The first-order valence-corrected chi connectivity index (χ1v) is 7.06. The van der Waals surface area contributed by atoms with Crippen molar-refractivity contribution >= 4 is 41.2 Å². The van der Waals surface area contributed by atoms with Gasteiger partial charge in [-0.2, -0.15) is 0 Å². The molecule has 0 saturated carbocycles. The van der Waals surface area contributed by atoms with E-state index < -0.39 is 11.9 Å². The molecule has 1 amide bonds. The average Bonchev–Trinajstić information content (AvgIpc) is 2.89. The van der Waals surface area contributed by atoms with Crippen molar-refractivity contribution in [3.63, 3.8) is 0 Å². The highest BCUT2D eigenvalue weighted by Gasteiger charge is 2.24. The second kappa shape index (κ2) is 6.78. The number of amides is 1. The fourth-order valence-corrected chi connectivity index (χ4v) is 2.31. The summed E-state index contributed by atoms with van der Waals surface area (Å²) >= 11 is 11.7. The van der Waals surface area contributed by atoms with Crippen molar-refractivity contribution < 1.29 is 14.7 Å². The van der Waals surface area contributed by atoms with E-state index in [0.717, 1.165) is 5.56 Å². The molecule has 0 aliphatic heterocycles. The molecular formula is C15H13Cl2NO3. The first-order chi connectivity index (χ1) is 9.95. The third kappa shape index (κ3) is 4.34. The number of carboxylic acids is 1. The molecule has 1 aromatic carbocycles. The minimum atomic E-state index is -0.880. The van der Waals surface area contributed by atoms with Crippen LogP contribution in [0.2, 0.25) is 10.0 Å². The molecule has 0 fully saturated rings. The van der Waals surface area contributed by atoms with Crippen LogP contribution in [0.3, 0.4) is 0 Å². The summed E-state index contributed by atoms with van der Waals surface area (Å²) < 4.78 is 0. The largest absolute Gasteiger partial charge is 0.481 e. The Morgan fingerprint density at radius 1 is 1.24 bits per heavy atom. The predicted molar refractivity (Wildman–Crippen MR) is 82.3 cm³/mol. The monoisotopic (exact) mass is 325 g/mol. The molecule has 0 heterocycles. The van der Waals surface area contributed by atoms with Gasteiger partial charge in [-0.25, -0.2) is 0 Å². The number of rotatable bonds is 4. The Morgan fingerprint density at radius 3 is 2.62 bits per heavy atom. The van der Waals surface area contributed by atoms with Gasteiger partial charge in [-0.1, -0.05) is 41.4 Å². The van der Waals surface area contributed by atoms with Gasteiger partial charge < -0.3 is 10.4 Å². The van der Waals surface area contributed by atoms with Crippen LogP contribution in [-0.2, 0) is 9.59 Å². The highest BCUT2D eigenvalue weighted by molar-refractivity contribution is 6.42. The van der Waals surface area contributed by atoms with E-state index >= 15 is 0 Å². The molecule has 2 rings (SSSR count). The number of aliphatic carboxylic acids is 1. The predicted octanol–water partition coefficient (Wildman–Crippen LogP) is 3.15. The van der Waals surface area contributed by atoms with E-state index in [2.05, 4.69) is 5.32 Å². The summed E-state index contributed by atoms with van der Waals surface area (Å²) in [5.41, 5.74) is 0.755. The Morgan fingerprint density at radius 2 is 2.00 bits per heavy atom. The summed E-state index contributed by atoms with van der Waals surface area (Å²) in [6.07, 6.45) is 6.66. The molecule has 0 saturated heterocycles. The molecule has 6 heteroatoms. The first kappa shape index (κ1) is 15.6. The van der Waals surface area contributed by atoms with Gasteiger partial charge >= 0.3 is 5.97 Å². The van der Waals surface area contributed by atoms with Crippen molar-refractivity contribution in [3.8, 4) is 0 Å². The van der Waals surface area contributed by atoms with Crippen molar-refractivity contribution in [1.29, 1.82) is 0 Å². The van der Waals surface area contributed by atoms with Gasteiger partial charge in [0.1, 0.15) is 0 Å². The lowest BCUT2D eigenvalue weighted by Crippen LogP contribution is -2.31. The first-order valence-electron chi connectivity index (χ1n) is 6.30. The van der Waals surface area contributed by atoms with Gasteiger partial charge in [-0.15, -0.1) is 0 Å². The highest BCUT2D eigenvalue weighted by atomic mass is 35.5. The van der Waals surface area contributed by atoms with Crippen molar-refractivity contribution in [2.24, 2.45) is 5.92 Å². The van der Waals surface area contributed by atoms with Crippen LogP contribution in [0.15, 0.2) is 36.4 Å². The van der Waals surface area contributed by atoms with Crippen LogP contribution >= 0.6 is 23.2 Å². The summed E-state index contributed by atoms with van der Waals surface area (Å²) in [4.78, 5) is 22.6. The van der Waals surface area contributed by atoms with Crippen LogP contribution in [0.25, 0.3) is 6.08 Å². The molecule has 2 unspecified atom stereocenters. The number of hydrogen-bond donors (Lipinski definition) is 2. The minimum absolute atomic E-state index is 0.253. The van der Waals surface area contributed by atoms with E-state index in [1.165, 1.54) is 6.08 Å². The van der Waals surface area contributed by atoms with Crippen LogP contribution in [-0.4, -0.2) is 23.0 Å². The fraction of sp³-hybridized carbons (Fsp3) is 0.200. The summed E-state index contributed by atoms with van der Waals surface area (Å²) in [7, 11) is 0. The van der Waals surface area contributed by atoms with Gasteiger partial charge in [0, 0.05) is 12.1 Å². The molecule has 0 radical (unpaired) electrons. The highest BCUT2D eigenvalue weighted by Crippen LogP contribution is 2.23. The van der Waals surface area contributed by atoms with Crippen LogP contribution in [0, 0.1) is 5.92 Å². The number of hydrogen-bond acceptors (Lipinski definition) is 2. The maximum absolute atomic E-state index is 11.8. The van der Waals surface area contributed by atoms with Gasteiger partial charge in [0.15, 0.2) is 0 Å². The third-order valence-electron chi connectivity index (χ3n) is 3.10. The Balaban J connectivity index is 1.90. The number of carbonyl (C=O) groups excluding carboxylic acids is 1. The molecular weight excluding hydrogens is 313 g/mol. The quantitative estimate of drug-likeness (QED) is 0.660. The van der Waals surface area contributed by atoms with Crippen molar-refractivity contribution in [2.75, 3.05) is 0 Å². The molecule has 1 aliphatic rings. The normalized spacial score (nSPS) is 20.9. The Bertz CT molecular complexity index is 625. The van der Waals surface area contributed by atoms with Gasteiger partial charge in [-0.05, 0) is 30.2 Å². The van der Waals surface area contributed by atoms with Crippen molar-refractivity contribution in [2.45, 2.75) is 12.5 Å². The Labute approximate surface area is 132 Å². The molecule has 1 aromatic rings. The molecule has 21 heavy (non-hydrogen) atoms. The zero-order chi connectivity index (χ0) is 15.4. The Hall–Kier alpha value is -1.78. The van der Waals surface area contributed by atoms with Crippen LogP contribution in [0.5, 0.6) is 0 Å². The molecule has 2 atom stereocenters. The van der Waals surface area contributed by atoms with Crippen molar-refractivity contribution in [3.05, 3.63) is 52.0 Å². The smallest absolute Gasteiger partial charge is 0.310 e. The minimum Gasteiger partial charge on any atom is -0.481 e. The van der Waals surface area contributed by atoms with Gasteiger partial charge in [0.25, 0.3) is 0 Å². The van der Waals surface area contributed by atoms with E-state index in [9.17, 15) is 9.59 Å². The lowest BCUT2D eigenvalue weighted by molar-refractivity contribution is -0.140. The standard InChI is InChI=1S/C15H13Cl2NO3/c16-12-5-1-9(7-13(12)17)2-6-14(19)18-11-4-3-10(8-11)15(20)21/h1-7,10-11H,8H2,(H,18,19)(H,20,21). The van der Waals surface area contributed by atoms with Gasteiger partial charge in [0.05, 0.1) is 16.0 Å². The molecule has 4 nitrogen and oxygen atoms in total. The van der Waals surface area contributed by atoms with Crippen LogP contribution < -0.4 is 5.32 Å². The van der Waals surface area contributed by atoms with E-state index in [0.29, 0.717) is 16.5 Å². The number of halogens is 2. The average molecular weight is 326 g/mol. The van der Waals surface area contributed by atoms with Gasteiger partial charge in [-0.3, -0.25) is 9.59 Å². The van der Waals surface area contributed by atoms with Gasteiger partial charge in [0.2, 0.25) is 5.91 Å². The molecule has 0 spiro atoms. The summed E-state index contributed by atoms with van der Waals surface area (Å²) in [5.74, 6) is -1.70. The maximum Gasteiger partial charge on any atom is 0.310 e. The summed E-state index contributed by atoms with van der Waals surface area (Å²) in [5, 5.41) is 12.5. The number of carbonyl (C=O) groups is 2. The number of nitrogens with one attached hydrogen (secondary N) is 1. The maximum atomic E-state index is 11.8. The zero-order valence-corrected chi connectivity index (χ0v) is 12.4. The summed E-state index contributed by atoms with van der Waals surface area (Å²) in [6.45, 7) is 0. The topological polar surface area (TPSA) is 66.4 Å². The molecule has 0 bridgehead atoms. The molecule has 1 aliphatic carbocycles. The third-order valence-corrected chi connectivity index (χ3v) is 3.84. The lowest BCUT2D eigenvalue weighted by atomic mass is 10.1. The molecule has 110 valence electrons. The lowest BCUT2D eigenvalue weighted by Gasteiger charge is -2.10.